The van der Waals surface area contributed by atoms with Gasteiger partial charge in [-0.25, -0.2) is 0 Å². The first kappa shape index (κ1) is 15.2. The smallest absolute Gasteiger partial charge is 0.287 e. The number of nitrogens with zero attached hydrogens (tertiary/aromatic N) is 1. The fourth-order valence-corrected chi connectivity index (χ4v) is 2.79. The molecule has 0 atom stereocenters. The van der Waals surface area contributed by atoms with E-state index in [1.807, 2.05) is 0 Å². The van der Waals surface area contributed by atoms with E-state index in [0.29, 0.717) is 22.6 Å². The highest BCUT2D eigenvalue weighted by atomic mass is 16.5. The van der Waals surface area contributed by atoms with Crippen LogP contribution in [0, 0.1) is 11.3 Å². The van der Waals surface area contributed by atoms with Gasteiger partial charge < -0.3 is 14.5 Å². The molecule has 1 N–H and O–H groups in total. The fraction of sp³-hybridized carbons (Fsp3) is 0.333. The number of hydrogen-bond donors (Lipinski definition) is 1. The highest BCUT2D eigenvalue weighted by Crippen LogP contribution is 2.20. The van der Waals surface area contributed by atoms with Gasteiger partial charge in [-0.3, -0.25) is 4.79 Å². The average molecular weight is 310 g/mol. The van der Waals surface area contributed by atoms with Crippen molar-refractivity contribution < 1.29 is 13.9 Å². The van der Waals surface area contributed by atoms with Crippen LogP contribution in [0.5, 0.6) is 5.75 Å². The molecule has 0 saturated heterocycles. The number of ether oxygens (including phenoxy) is 1. The van der Waals surface area contributed by atoms with E-state index in [4.69, 9.17) is 14.4 Å². The maximum atomic E-state index is 12.3. The Morgan fingerprint density at radius 1 is 1.35 bits per heavy atom. The van der Waals surface area contributed by atoms with Gasteiger partial charge in [0.15, 0.2) is 5.76 Å². The lowest BCUT2D eigenvalue weighted by molar-refractivity contribution is 0.0906. The van der Waals surface area contributed by atoms with Crippen molar-refractivity contribution in [3.05, 3.63) is 53.5 Å². The van der Waals surface area contributed by atoms with Crippen LogP contribution in [0.4, 0.5) is 0 Å². The van der Waals surface area contributed by atoms with Gasteiger partial charge in [-0.05, 0) is 37.1 Å². The molecule has 23 heavy (non-hydrogen) atoms. The van der Waals surface area contributed by atoms with E-state index in [1.165, 1.54) is 6.26 Å². The molecule has 2 aromatic rings. The minimum atomic E-state index is -0.189. The third kappa shape index (κ3) is 3.72. The van der Waals surface area contributed by atoms with E-state index in [9.17, 15) is 4.79 Å². The Kier molecular flexibility index (Phi) is 4.62. The number of benzene rings is 1. The maximum absolute atomic E-state index is 12.3. The van der Waals surface area contributed by atoms with Crippen molar-refractivity contribution in [3.8, 4) is 11.8 Å². The predicted molar refractivity (Wildman–Crippen MR) is 83.9 cm³/mol. The van der Waals surface area contributed by atoms with Crippen LogP contribution in [0.1, 0.15) is 47.4 Å². The SMILES string of the molecule is N#Cc1cccc(OCc2ccoc2C(=O)NC2CCCC2)c1. The fourth-order valence-electron chi connectivity index (χ4n) is 2.79. The summed E-state index contributed by atoms with van der Waals surface area (Å²) in [4.78, 5) is 12.3. The summed E-state index contributed by atoms with van der Waals surface area (Å²) in [6.45, 7) is 0.221. The summed E-state index contributed by atoms with van der Waals surface area (Å²) in [5, 5.41) is 11.9. The number of nitriles is 1. The summed E-state index contributed by atoms with van der Waals surface area (Å²) in [6, 6.07) is 11.0. The number of hydrogen-bond acceptors (Lipinski definition) is 4. The standard InChI is InChI=1S/C18H18N2O3/c19-11-13-4-3-7-16(10-13)23-12-14-8-9-22-17(14)18(21)20-15-5-1-2-6-15/h3-4,7-10,15H,1-2,5-6,12H2,(H,20,21). The van der Waals surface area contributed by atoms with E-state index in [1.54, 1.807) is 30.3 Å². The maximum Gasteiger partial charge on any atom is 0.287 e. The minimum absolute atomic E-state index is 0.189. The Morgan fingerprint density at radius 3 is 2.96 bits per heavy atom. The van der Waals surface area contributed by atoms with E-state index >= 15 is 0 Å². The van der Waals surface area contributed by atoms with E-state index in [2.05, 4.69) is 11.4 Å². The Hall–Kier alpha value is -2.74. The summed E-state index contributed by atoms with van der Waals surface area (Å²) in [5.74, 6) is 0.701. The third-order valence-corrected chi connectivity index (χ3v) is 4.00. The first-order valence-corrected chi connectivity index (χ1v) is 7.76. The molecule has 0 bridgehead atoms. The van der Waals surface area contributed by atoms with Gasteiger partial charge in [-0.2, -0.15) is 5.26 Å². The van der Waals surface area contributed by atoms with Crippen LogP contribution in [0.25, 0.3) is 0 Å². The van der Waals surface area contributed by atoms with Gasteiger partial charge in [0, 0.05) is 11.6 Å². The van der Waals surface area contributed by atoms with E-state index in [-0.39, 0.29) is 18.6 Å². The number of nitrogens with one attached hydrogen (secondary N) is 1. The molecule has 1 aliphatic carbocycles. The normalized spacial score (nSPS) is 14.4. The molecule has 5 nitrogen and oxygen atoms in total. The lowest BCUT2D eigenvalue weighted by Gasteiger charge is -2.11. The van der Waals surface area contributed by atoms with Crippen LogP contribution < -0.4 is 10.1 Å². The topological polar surface area (TPSA) is 75.3 Å². The summed E-state index contributed by atoms with van der Waals surface area (Å²) in [5.41, 5.74) is 1.23. The number of rotatable bonds is 5. The van der Waals surface area contributed by atoms with Gasteiger partial charge in [-0.15, -0.1) is 0 Å². The zero-order valence-electron chi connectivity index (χ0n) is 12.7. The molecule has 3 rings (SSSR count). The molecule has 1 aromatic carbocycles. The first-order chi connectivity index (χ1) is 11.3. The molecule has 5 heteroatoms. The van der Waals surface area contributed by atoms with Gasteiger partial charge in [0.25, 0.3) is 5.91 Å². The first-order valence-electron chi connectivity index (χ1n) is 7.76. The lowest BCUT2D eigenvalue weighted by atomic mass is 10.2. The van der Waals surface area contributed by atoms with Gasteiger partial charge in [0.2, 0.25) is 0 Å². The average Bonchev–Trinajstić information content (AvgIpc) is 3.24. The van der Waals surface area contributed by atoms with E-state index in [0.717, 1.165) is 25.7 Å². The second-order valence-corrected chi connectivity index (χ2v) is 5.66. The molecule has 0 aliphatic heterocycles. The summed E-state index contributed by atoms with van der Waals surface area (Å²) in [6.07, 6.45) is 5.87. The molecule has 118 valence electrons. The monoisotopic (exact) mass is 310 g/mol. The van der Waals surface area contributed by atoms with Gasteiger partial charge in [-0.1, -0.05) is 18.9 Å². The van der Waals surface area contributed by atoms with Crippen LogP contribution >= 0.6 is 0 Å². The van der Waals surface area contributed by atoms with Crippen LogP contribution in [-0.4, -0.2) is 11.9 Å². The van der Waals surface area contributed by atoms with Crippen molar-refractivity contribution in [2.24, 2.45) is 0 Å². The van der Waals surface area contributed by atoms with Gasteiger partial charge in [0.05, 0.1) is 17.9 Å². The largest absolute Gasteiger partial charge is 0.489 e. The van der Waals surface area contributed by atoms with Crippen molar-refractivity contribution in [2.75, 3.05) is 0 Å². The summed E-state index contributed by atoms with van der Waals surface area (Å²) >= 11 is 0. The highest BCUT2D eigenvalue weighted by molar-refractivity contribution is 5.93. The van der Waals surface area contributed by atoms with Crippen LogP contribution in [0.15, 0.2) is 41.0 Å². The Bertz CT molecular complexity index is 724. The van der Waals surface area contributed by atoms with Crippen molar-refractivity contribution >= 4 is 5.91 Å². The molecule has 1 aliphatic rings. The molecule has 1 fully saturated rings. The van der Waals surface area contributed by atoms with Crippen molar-refractivity contribution in [3.63, 3.8) is 0 Å². The van der Waals surface area contributed by atoms with E-state index < -0.39 is 0 Å². The summed E-state index contributed by atoms with van der Waals surface area (Å²) in [7, 11) is 0. The van der Waals surface area contributed by atoms with Crippen LogP contribution in [0.3, 0.4) is 0 Å². The number of furan rings is 1. The molecular weight excluding hydrogens is 292 g/mol. The van der Waals surface area contributed by atoms with Crippen LogP contribution in [-0.2, 0) is 6.61 Å². The van der Waals surface area contributed by atoms with Gasteiger partial charge >= 0.3 is 0 Å². The number of carbonyl (C=O) groups is 1. The van der Waals surface area contributed by atoms with Crippen molar-refractivity contribution in [1.29, 1.82) is 5.26 Å². The number of amides is 1. The Labute approximate surface area is 134 Å². The van der Waals surface area contributed by atoms with Crippen molar-refractivity contribution in [2.45, 2.75) is 38.3 Å². The Morgan fingerprint density at radius 2 is 2.17 bits per heavy atom. The predicted octanol–water partition coefficient (Wildman–Crippen LogP) is 3.40. The Balaban J connectivity index is 1.63. The molecule has 1 saturated carbocycles. The number of carbonyl (C=O) groups excluding carboxylic acids is 1. The molecular formula is C18H18N2O3. The second-order valence-electron chi connectivity index (χ2n) is 5.66. The van der Waals surface area contributed by atoms with Crippen molar-refractivity contribution in [1.82, 2.24) is 5.32 Å². The molecule has 0 unspecified atom stereocenters. The highest BCUT2D eigenvalue weighted by Gasteiger charge is 2.21. The lowest BCUT2D eigenvalue weighted by Crippen LogP contribution is -2.32. The molecule has 1 heterocycles. The zero-order chi connectivity index (χ0) is 16.1. The summed E-state index contributed by atoms with van der Waals surface area (Å²) < 4.78 is 11.0. The molecule has 1 amide bonds. The quantitative estimate of drug-likeness (QED) is 0.918. The minimum Gasteiger partial charge on any atom is -0.489 e. The second kappa shape index (κ2) is 7.01. The molecule has 0 radical (unpaired) electrons. The molecule has 0 spiro atoms. The zero-order valence-corrected chi connectivity index (χ0v) is 12.7. The molecule has 1 aromatic heterocycles. The van der Waals surface area contributed by atoms with Gasteiger partial charge in [0.1, 0.15) is 12.4 Å². The van der Waals surface area contributed by atoms with Crippen LogP contribution in [0.2, 0.25) is 0 Å². The third-order valence-electron chi connectivity index (χ3n) is 4.00.